The summed E-state index contributed by atoms with van der Waals surface area (Å²) in [7, 11) is 0. The van der Waals surface area contributed by atoms with Crippen LogP contribution in [0.4, 0.5) is 42.8 Å². The zero-order valence-electron chi connectivity index (χ0n) is 27.1. The molecule has 0 bridgehead atoms. The van der Waals surface area contributed by atoms with Gasteiger partial charge in [0.05, 0.1) is 28.4 Å². The monoisotopic (exact) mass is 654 g/mol. The second kappa shape index (κ2) is 16.9. The fraction of sp³-hybridized carbons (Fsp3) is 0.294. The van der Waals surface area contributed by atoms with Crippen LogP contribution in [0.2, 0.25) is 0 Å². The number of rotatable bonds is 12. The third-order valence-electron chi connectivity index (χ3n) is 7.72. The fourth-order valence-corrected chi connectivity index (χ4v) is 4.54. The smallest absolute Gasteiger partial charge is 0.411 e. The Morgan fingerprint density at radius 2 is 1.10 bits per heavy atom. The summed E-state index contributed by atoms with van der Waals surface area (Å²) >= 11 is 0. The molecule has 14 heteroatoms. The molecule has 0 aliphatic heterocycles. The Labute approximate surface area is 276 Å². The second-order valence-electron chi connectivity index (χ2n) is 10.8. The molecule has 3 aromatic rings. The number of carbonyl (C=O) groups excluding carboxylic acids is 5. The summed E-state index contributed by atoms with van der Waals surface area (Å²) < 4.78 is 16.6. The van der Waals surface area contributed by atoms with E-state index < -0.39 is 23.7 Å². The third kappa shape index (κ3) is 9.37. The highest BCUT2D eigenvalue weighted by Crippen LogP contribution is 2.29. The molecule has 0 spiro atoms. The first kappa shape index (κ1) is 36.2. The van der Waals surface area contributed by atoms with Crippen LogP contribution in [0.1, 0.15) is 41.2 Å². The molecule has 248 valence electrons. The highest BCUT2D eigenvalue weighted by molar-refractivity contribution is 5.88. The van der Waals surface area contributed by atoms with Crippen molar-refractivity contribution < 1.29 is 38.2 Å². The summed E-state index contributed by atoms with van der Waals surface area (Å²) in [6.07, 6.45) is 0.585. The largest absolute Gasteiger partial charge is 0.448 e. The summed E-state index contributed by atoms with van der Waals surface area (Å²) in [4.78, 5) is 67.3. The van der Waals surface area contributed by atoms with Gasteiger partial charge in [0.1, 0.15) is 19.8 Å². The van der Waals surface area contributed by atoms with Crippen LogP contribution in [0, 0.1) is 44.4 Å². The number of benzene rings is 3. The SMILES string of the molecule is CCC(COC(=O)Nc1cccc(N=C=O)c1C)(COC(=O)Nc1cccc(N=C=O)c1C)COC(=O)Nc1ccc(C)c(C#N)c1C. The average molecular weight is 655 g/mol. The van der Waals surface area contributed by atoms with Crippen LogP contribution in [0.25, 0.3) is 0 Å². The highest BCUT2D eigenvalue weighted by atomic mass is 16.6. The molecule has 0 unspecified atom stereocenters. The summed E-state index contributed by atoms with van der Waals surface area (Å²) in [5.41, 5.74) is 3.22. The van der Waals surface area contributed by atoms with Crippen LogP contribution in [0.5, 0.6) is 0 Å². The topological polar surface area (TPSA) is 198 Å². The maximum absolute atomic E-state index is 12.9. The average Bonchev–Trinajstić information content (AvgIpc) is 3.06. The number of ether oxygens (including phenoxy) is 3. The number of hydrogen-bond donors (Lipinski definition) is 3. The van der Waals surface area contributed by atoms with E-state index in [1.165, 1.54) is 12.2 Å². The molecule has 3 aromatic carbocycles. The van der Waals surface area contributed by atoms with Crippen molar-refractivity contribution in [3.63, 3.8) is 0 Å². The molecule has 48 heavy (non-hydrogen) atoms. The first-order chi connectivity index (χ1) is 23.0. The molecule has 3 rings (SSSR count). The van der Waals surface area contributed by atoms with Gasteiger partial charge in [-0.25, -0.2) is 24.0 Å². The van der Waals surface area contributed by atoms with Gasteiger partial charge in [-0.2, -0.15) is 15.2 Å². The van der Waals surface area contributed by atoms with E-state index in [9.17, 15) is 29.2 Å². The van der Waals surface area contributed by atoms with Gasteiger partial charge in [-0.05, 0) is 86.7 Å². The summed E-state index contributed by atoms with van der Waals surface area (Å²) in [5.74, 6) is 0. The molecule has 0 aliphatic rings. The van der Waals surface area contributed by atoms with Crippen LogP contribution < -0.4 is 16.0 Å². The standard InChI is InChI=1S/C34H34N6O8/c1-6-34(16-46-31(43)38-28-11-7-9-26(23(28)4)36-19-41,17-47-32(44)39-29-12-8-10-27(24(29)5)37-20-42)18-48-33(45)40-30-14-13-21(2)25(15-35)22(30)3/h7-14H,6,16-18H2,1-5H3,(H,38,43)(H,39,44)(H,40,45). The van der Waals surface area contributed by atoms with Gasteiger partial charge >= 0.3 is 18.3 Å². The number of aryl methyl sites for hydroxylation is 1. The van der Waals surface area contributed by atoms with E-state index in [0.29, 0.717) is 50.7 Å². The van der Waals surface area contributed by atoms with Crippen LogP contribution in [0.3, 0.4) is 0 Å². The predicted molar refractivity (Wildman–Crippen MR) is 176 cm³/mol. The number of isocyanates is 2. The van der Waals surface area contributed by atoms with Gasteiger partial charge in [-0.15, -0.1) is 0 Å². The summed E-state index contributed by atoms with van der Waals surface area (Å²) in [5, 5.41) is 17.3. The van der Waals surface area contributed by atoms with Crippen molar-refractivity contribution in [2.45, 2.75) is 41.0 Å². The minimum absolute atomic E-state index is 0.230. The van der Waals surface area contributed by atoms with Gasteiger partial charge in [0, 0.05) is 17.1 Å². The Morgan fingerprint density at radius 1 is 0.688 bits per heavy atom. The zero-order chi connectivity index (χ0) is 35.3. The summed E-state index contributed by atoms with van der Waals surface area (Å²) in [6.45, 7) is 7.50. The predicted octanol–water partition coefficient (Wildman–Crippen LogP) is 7.17. The Balaban J connectivity index is 1.78. The number of hydrogen-bond acceptors (Lipinski definition) is 11. The number of nitrogens with one attached hydrogen (secondary N) is 3. The molecule has 14 nitrogen and oxygen atoms in total. The molecule has 0 aliphatic carbocycles. The molecule has 3 amide bonds. The maximum Gasteiger partial charge on any atom is 0.411 e. The third-order valence-corrected chi connectivity index (χ3v) is 7.72. The zero-order valence-corrected chi connectivity index (χ0v) is 27.1. The molecular formula is C34H34N6O8. The summed E-state index contributed by atoms with van der Waals surface area (Å²) in [6, 6.07) is 15.0. The Bertz CT molecular complexity index is 1750. The van der Waals surface area contributed by atoms with E-state index in [2.05, 4.69) is 32.0 Å². The number of anilines is 3. The van der Waals surface area contributed by atoms with Crippen molar-refractivity contribution in [2.75, 3.05) is 35.8 Å². The first-order valence-corrected chi connectivity index (χ1v) is 14.6. The van der Waals surface area contributed by atoms with E-state index >= 15 is 0 Å². The van der Waals surface area contributed by atoms with Crippen molar-refractivity contribution >= 4 is 58.9 Å². The number of nitriles is 1. The Kier molecular flexibility index (Phi) is 12.7. The van der Waals surface area contributed by atoms with Crippen molar-refractivity contribution in [3.05, 3.63) is 76.3 Å². The van der Waals surface area contributed by atoms with Gasteiger partial charge in [-0.3, -0.25) is 16.0 Å². The van der Waals surface area contributed by atoms with Gasteiger partial charge in [-0.1, -0.05) is 25.1 Å². The highest BCUT2D eigenvalue weighted by Gasteiger charge is 2.35. The number of nitrogens with zero attached hydrogens (tertiary/aromatic N) is 3. The van der Waals surface area contributed by atoms with E-state index in [1.54, 1.807) is 83.1 Å². The Morgan fingerprint density at radius 3 is 1.48 bits per heavy atom. The lowest BCUT2D eigenvalue weighted by Crippen LogP contribution is -2.40. The number of carbonyl (C=O) groups is 3. The van der Waals surface area contributed by atoms with E-state index in [-0.39, 0.29) is 26.2 Å². The lowest BCUT2D eigenvalue weighted by Gasteiger charge is -2.31. The fourth-order valence-electron chi connectivity index (χ4n) is 4.54. The van der Waals surface area contributed by atoms with Crippen LogP contribution in [-0.2, 0) is 23.8 Å². The minimum Gasteiger partial charge on any atom is -0.448 e. The van der Waals surface area contributed by atoms with Gasteiger partial charge < -0.3 is 14.2 Å². The molecule has 0 saturated heterocycles. The maximum atomic E-state index is 12.9. The first-order valence-electron chi connectivity index (χ1n) is 14.6. The van der Waals surface area contributed by atoms with E-state index in [1.807, 2.05) is 0 Å². The molecule has 0 saturated carbocycles. The Hall–Kier alpha value is -6.28. The normalized spacial score (nSPS) is 11.3. The molecule has 3 N–H and O–H groups in total. The van der Waals surface area contributed by atoms with Crippen molar-refractivity contribution in [1.29, 1.82) is 5.26 Å². The van der Waals surface area contributed by atoms with Crippen LogP contribution in [0.15, 0.2) is 58.5 Å². The lowest BCUT2D eigenvalue weighted by molar-refractivity contribution is -0.0104. The lowest BCUT2D eigenvalue weighted by atomic mass is 9.88. The minimum atomic E-state index is -1.20. The van der Waals surface area contributed by atoms with Gasteiger partial charge in [0.25, 0.3) is 0 Å². The number of amides is 3. The molecule has 0 radical (unpaired) electrons. The van der Waals surface area contributed by atoms with E-state index in [0.717, 1.165) is 5.56 Å². The van der Waals surface area contributed by atoms with Crippen molar-refractivity contribution in [3.8, 4) is 6.07 Å². The van der Waals surface area contributed by atoms with Gasteiger partial charge in [0.15, 0.2) is 0 Å². The van der Waals surface area contributed by atoms with Crippen LogP contribution in [-0.4, -0.2) is 50.3 Å². The number of aliphatic imine (C=N–C) groups is 2. The van der Waals surface area contributed by atoms with Crippen LogP contribution >= 0.6 is 0 Å². The molecule has 0 fully saturated rings. The molecule has 0 aromatic heterocycles. The molecule has 0 heterocycles. The van der Waals surface area contributed by atoms with E-state index in [4.69, 9.17) is 14.2 Å². The van der Waals surface area contributed by atoms with Gasteiger partial charge in [0.2, 0.25) is 12.2 Å². The van der Waals surface area contributed by atoms with Crippen molar-refractivity contribution in [2.24, 2.45) is 15.4 Å². The quantitative estimate of drug-likeness (QED) is 0.103. The molecular weight excluding hydrogens is 620 g/mol. The second-order valence-corrected chi connectivity index (χ2v) is 10.8. The molecule has 0 atom stereocenters. The van der Waals surface area contributed by atoms with Crippen molar-refractivity contribution in [1.82, 2.24) is 0 Å².